The summed E-state index contributed by atoms with van der Waals surface area (Å²) in [5.74, 6) is 0.212. The number of rotatable bonds is 3. The van der Waals surface area contributed by atoms with Crippen LogP contribution in [0.25, 0.3) is 10.8 Å². The normalized spacial score (nSPS) is 13.3. The van der Waals surface area contributed by atoms with E-state index >= 15 is 0 Å². The van der Waals surface area contributed by atoms with Crippen LogP contribution in [-0.2, 0) is 0 Å². The number of carbonyl (C=O) groups is 2. The fraction of sp³-hybridized carbons (Fsp3) is 0.100. The van der Waals surface area contributed by atoms with Gasteiger partial charge < -0.3 is 9.47 Å². The molecule has 25 heavy (non-hydrogen) atoms. The lowest BCUT2D eigenvalue weighted by atomic mass is 9.93. The predicted octanol–water partition coefficient (Wildman–Crippen LogP) is 3.66. The van der Waals surface area contributed by atoms with Crippen LogP contribution in [0.3, 0.4) is 0 Å². The molecule has 0 spiro atoms. The summed E-state index contributed by atoms with van der Waals surface area (Å²) >= 11 is 0. The van der Waals surface area contributed by atoms with E-state index in [0.717, 1.165) is 10.3 Å². The molecule has 0 unspecified atom stereocenters. The summed E-state index contributed by atoms with van der Waals surface area (Å²) in [6.07, 6.45) is 0. The molecule has 1 heterocycles. The van der Waals surface area contributed by atoms with Gasteiger partial charge in [-0.3, -0.25) is 9.59 Å². The molecule has 3 aromatic rings. The molecule has 4 rings (SSSR count). The lowest BCUT2D eigenvalue weighted by Crippen LogP contribution is -2.40. The highest BCUT2D eigenvalue weighted by Gasteiger charge is 2.35. The average molecular weight is 333 g/mol. The second-order valence-electron chi connectivity index (χ2n) is 5.69. The Hall–Kier alpha value is -3.34. The number of ether oxygens (including phenoxy) is 2. The molecule has 5 heteroatoms. The summed E-state index contributed by atoms with van der Waals surface area (Å²) in [5, 5.41) is 1.56. The van der Waals surface area contributed by atoms with Gasteiger partial charge in [0.1, 0.15) is 11.5 Å². The Balaban J connectivity index is 1.97. The number of benzene rings is 3. The van der Waals surface area contributed by atoms with Gasteiger partial charge in [-0.25, -0.2) is 4.90 Å². The van der Waals surface area contributed by atoms with Crippen LogP contribution in [0.1, 0.15) is 20.7 Å². The van der Waals surface area contributed by atoms with Crippen molar-refractivity contribution in [3.63, 3.8) is 0 Å². The molecule has 5 nitrogen and oxygen atoms in total. The first-order valence-electron chi connectivity index (χ1n) is 7.78. The summed E-state index contributed by atoms with van der Waals surface area (Å²) in [6, 6.07) is 15.9. The fourth-order valence-corrected chi connectivity index (χ4v) is 3.22. The summed E-state index contributed by atoms with van der Waals surface area (Å²) in [6.45, 7) is 0. The van der Waals surface area contributed by atoms with E-state index in [1.807, 2.05) is 24.3 Å². The second kappa shape index (κ2) is 5.63. The molecule has 124 valence electrons. The summed E-state index contributed by atoms with van der Waals surface area (Å²) in [5.41, 5.74) is 1.36. The highest BCUT2D eigenvalue weighted by Crippen LogP contribution is 2.38. The quantitative estimate of drug-likeness (QED) is 0.687. The molecular weight excluding hydrogens is 318 g/mol. The van der Waals surface area contributed by atoms with Gasteiger partial charge in [0.15, 0.2) is 0 Å². The number of anilines is 1. The molecule has 0 radical (unpaired) electrons. The average Bonchev–Trinajstić information content (AvgIpc) is 2.66. The third-order valence-corrected chi connectivity index (χ3v) is 4.40. The number of imide groups is 1. The molecule has 0 bridgehead atoms. The van der Waals surface area contributed by atoms with Gasteiger partial charge in [-0.1, -0.05) is 24.3 Å². The van der Waals surface area contributed by atoms with Crippen molar-refractivity contribution in [1.29, 1.82) is 0 Å². The van der Waals surface area contributed by atoms with Crippen LogP contribution in [0.4, 0.5) is 5.69 Å². The Kier molecular flexibility index (Phi) is 3.42. The molecule has 0 aromatic heterocycles. The van der Waals surface area contributed by atoms with Crippen molar-refractivity contribution in [3.8, 4) is 11.5 Å². The minimum absolute atomic E-state index is 0.364. The van der Waals surface area contributed by atoms with Gasteiger partial charge in [0, 0.05) is 22.6 Å². The Morgan fingerprint density at radius 3 is 2.00 bits per heavy atom. The molecule has 0 fully saturated rings. The van der Waals surface area contributed by atoms with Gasteiger partial charge in [0.05, 0.1) is 19.9 Å². The standard InChI is InChI=1S/C20H15NO4/c1-24-13-9-10-17(25-2)16(11-13)21-19(22)14-7-3-5-12-6-4-8-15(18(12)14)20(21)23/h3-11H,1-2H3. The number of hydrogen-bond acceptors (Lipinski definition) is 4. The Morgan fingerprint density at radius 1 is 0.800 bits per heavy atom. The van der Waals surface area contributed by atoms with Crippen LogP contribution in [0, 0.1) is 0 Å². The summed E-state index contributed by atoms with van der Waals surface area (Å²) in [7, 11) is 3.03. The fourth-order valence-electron chi connectivity index (χ4n) is 3.22. The first kappa shape index (κ1) is 15.2. The van der Waals surface area contributed by atoms with E-state index in [1.54, 1.807) is 30.3 Å². The van der Waals surface area contributed by atoms with Crippen LogP contribution in [0.5, 0.6) is 11.5 Å². The van der Waals surface area contributed by atoms with E-state index in [0.29, 0.717) is 33.7 Å². The molecule has 1 aliphatic heterocycles. The minimum atomic E-state index is -0.374. The van der Waals surface area contributed by atoms with Crippen molar-refractivity contribution < 1.29 is 19.1 Å². The second-order valence-corrected chi connectivity index (χ2v) is 5.69. The van der Waals surface area contributed by atoms with Crippen molar-refractivity contribution in [2.24, 2.45) is 0 Å². The molecule has 0 saturated heterocycles. The first-order valence-corrected chi connectivity index (χ1v) is 7.78. The Bertz CT molecular complexity index is 975. The maximum atomic E-state index is 13.1. The molecule has 3 aromatic carbocycles. The van der Waals surface area contributed by atoms with Crippen molar-refractivity contribution in [2.45, 2.75) is 0 Å². The maximum absolute atomic E-state index is 13.1. The molecule has 1 aliphatic rings. The van der Waals surface area contributed by atoms with Crippen molar-refractivity contribution >= 4 is 28.3 Å². The van der Waals surface area contributed by atoms with Crippen LogP contribution in [0.2, 0.25) is 0 Å². The summed E-state index contributed by atoms with van der Waals surface area (Å²) < 4.78 is 10.6. The first-order chi connectivity index (χ1) is 12.2. The molecule has 0 atom stereocenters. The topological polar surface area (TPSA) is 55.8 Å². The van der Waals surface area contributed by atoms with Gasteiger partial charge >= 0.3 is 0 Å². The molecule has 0 N–H and O–H groups in total. The van der Waals surface area contributed by atoms with E-state index in [-0.39, 0.29) is 11.8 Å². The van der Waals surface area contributed by atoms with E-state index in [1.165, 1.54) is 14.2 Å². The zero-order valence-electron chi connectivity index (χ0n) is 13.8. The number of carbonyl (C=O) groups excluding carboxylic acids is 2. The zero-order chi connectivity index (χ0) is 17.6. The van der Waals surface area contributed by atoms with Gasteiger partial charge in [-0.15, -0.1) is 0 Å². The van der Waals surface area contributed by atoms with E-state index in [2.05, 4.69) is 0 Å². The Morgan fingerprint density at radius 2 is 1.44 bits per heavy atom. The molecule has 2 amide bonds. The molecule has 0 aliphatic carbocycles. The lowest BCUT2D eigenvalue weighted by molar-refractivity contribution is 0.0892. The summed E-state index contributed by atoms with van der Waals surface area (Å²) in [4.78, 5) is 27.3. The predicted molar refractivity (Wildman–Crippen MR) is 94.6 cm³/mol. The number of methoxy groups -OCH3 is 2. The van der Waals surface area contributed by atoms with E-state index in [4.69, 9.17) is 9.47 Å². The van der Waals surface area contributed by atoms with Crippen LogP contribution in [0.15, 0.2) is 54.6 Å². The van der Waals surface area contributed by atoms with Crippen molar-refractivity contribution in [3.05, 3.63) is 65.7 Å². The zero-order valence-corrected chi connectivity index (χ0v) is 13.8. The van der Waals surface area contributed by atoms with Gasteiger partial charge in [0.2, 0.25) is 0 Å². The van der Waals surface area contributed by atoms with E-state index < -0.39 is 0 Å². The number of hydrogen-bond donors (Lipinski definition) is 0. The third-order valence-electron chi connectivity index (χ3n) is 4.40. The van der Waals surface area contributed by atoms with Crippen molar-refractivity contribution in [2.75, 3.05) is 19.1 Å². The third kappa shape index (κ3) is 2.16. The van der Waals surface area contributed by atoms with Gasteiger partial charge in [-0.2, -0.15) is 0 Å². The largest absolute Gasteiger partial charge is 0.497 e. The molecular formula is C20H15NO4. The lowest BCUT2D eigenvalue weighted by Gasteiger charge is -2.28. The monoisotopic (exact) mass is 333 g/mol. The van der Waals surface area contributed by atoms with Crippen molar-refractivity contribution in [1.82, 2.24) is 0 Å². The van der Waals surface area contributed by atoms with Crippen LogP contribution >= 0.6 is 0 Å². The van der Waals surface area contributed by atoms with E-state index in [9.17, 15) is 9.59 Å². The molecule has 0 saturated carbocycles. The highest BCUT2D eigenvalue weighted by atomic mass is 16.5. The number of amides is 2. The SMILES string of the molecule is COc1ccc(OC)c(N2C(=O)c3cccc4cccc(c34)C2=O)c1. The van der Waals surface area contributed by atoms with Crippen LogP contribution in [-0.4, -0.2) is 26.0 Å². The minimum Gasteiger partial charge on any atom is -0.497 e. The smallest absolute Gasteiger partial charge is 0.266 e. The maximum Gasteiger partial charge on any atom is 0.266 e. The van der Waals surface area contributed by atoms with Gasteiger partial charge in [-0.05, 0) is 29.7 Å². The number of nitrogens with zero attached hydrogens (tertiary/aromatic N) is 1. The van der Waals surface area contributed by atoms with Gasteiger partial charge in [0.25, 0.3) is 11.8 Å². The Labute approximate surface area is 144 Å². The van der Waals surface area contributed by atoms with Crippen LogP contribution < -0.4 is 14.4 Å². The highest BCUT2D eigenvalue weighted by molar-refractivity contribution is 6.36.